The summed E-state index contributed by atoms with van der Waals surface area (Å²) in [5.74, 6) is 0.919. The van der Waals surface area contributed by atoms with Gasteiger partial charge in [-0.25, -0.2) is 9.97 Å². The van der Waals surface area contributed by atoms with Crippen molar-refractivity contribution in [2.24, 2.45) is 0 Å². The molecule has 0 N–H and O–H groups in total. The SMILES string of the molecule is Cc1cc(C)nc(N2CCC(=C3CC3)CC2)n1. The molecule has 2 heterocycles. The number of aromatic nitrogens is 2. The lowest BCUT2D eigenvalue weighted by atomic mass is 10.0. The fourth-order valence-electron chi connectivity index (χ4n) is 2.59. The summed E-state index contributed by atoms with van der Waals surface area (Å²) >= 11 is 0. The smallest absolute Gasteiger partial charge is 0.225 e. The van der Waals surface area contributed by atoms with Gasteiger partial charge in [0.2, 0.25) is 5.95 Å². The highest BCUT2D eigenvalue weighted by Crippen LogP contribution is 2.36. The number of anilines is 1. The first-order valence-corrected chi connectivity index (χ1v) is 6.49. The molecule has 1 saturated heterocycles. The number of nitrogens with zero attached hydrogens (tertiary/aromatic N) is 3. The Balaban J connectivity index is 1.75. The molecular weight excluding hydrogens is 210 g/mol. The van der Waals surface area contributed by atoms with Gasteiger partial charge < -0.3 is 4.90 Å². The van der Waals surface area contributed by atoms with Crippen LogP contribution in [0.4, 0.5) is 5.95 Å². The zero-order valence-corrected chi connectivity index (χ0v) is 10.7. The first-order chi connectivity index (χ1) is 8.22. The van der Waals surface area contributed by atoms with E-state index < -0.39 is 0 Å². The molecule has 1 aromatic heterocycles. The molecule has 1 aliphatic heterocycles. The average molecular weight is 229 g/mol. The first-order valence-electron chi connectivity index (χ1n) is 6.49. The molecule has 1 aliphatic carbocycles. The van der Waals surface area contributed by atoms with E-state index in [1.807, 2.05) is 19.9 Å². The average Bonchev–Trinajstić information content (AvgIpc) is 3.12. The largest absolute Gasteiger partial charge is 0.340 e. The fraction of sp³-hybridized carbons (Fsp3) is 0.571. The van der Waals surface area contributed by atoms with Crippen molar-refractivity contribution in [3.8, 4) is 0 Å². The quantitative estimate of drug-likeness (QED) is 0.693. The minimum absolute atomic E-state index is 0.919. The Morgan fingerprint density at radius 1 is 0.882 bits per heavy atom. The Bertz CT molecular complexity index is 440. The third-order valence-electron chi connectivity index (χ3n) is 3.62. The summed E-state index contributed by atoms with van der Waals surface area (Å²) in [7, 11) is 0. The van der Waals surface area contributed by atoms with Crippen molar-refractivity contribution in [1.82, 2.24) is 9.97 Å². The summed E-state index contributed by atoms with van der Waals surface area (Å²) in [4.78, 5) is 11.4. The lowest BCUT2D eigenvalue weighted by Crippen LogP contribution is -2.32. The second kappa shape index (κ2) is 4.13. The van der Waals surface area contributed by atoms with Gasteiger partial charge in [0.1, 0.15) is 0 Å². The molecule has 1 saturated carbocycles. The predicted molar refractivity (Wildman–Crippen MR) is 69.2 cm³/mol. The van der Waals surface area contributed by atoms with Gasteiger partial charge in [-0.05, 0) is 45.6 Å². The van der Waals surface area contributed by atoms with Crippen LogP contribution in [0.15, 0.2) is 17.2 Å². The number of allylic oxidation sites excluding steroid dienone is 1. The summed E-state index contributed by atoms with van der Waals surface area (Å²) < 4.78 is 0. The summed E-state index contributed by atoms with van der Waals surface area (Å²) in [6.07, 6.45) is 5.14. The van der Waals surface area contributed by atoms with Crippen LogP contribution in [0.25, 0.3) is 0 Å². The van der Waals surface area contributed by atoms with E-state index in [2.05, 4.69) is 14.9 Å². The molecule has 3 nitrogen and oxygen atoms in total. The summed E-state index contributed by atoms with van der Waals surface area (Å²) in [6, 6.07) is 2.03. The maximum absolute atomic E-state index is 4.54. The normalized spacial score (nSPS) is 19.8. The van der Waals surface area contributed by atoms with Crippen molar-refractivity contribution in [3.05, 3.63) is 28.6 Å². The molecule has 0 atom stereocenters. The molecule has 0 aromatic carbocycles. The molecule has 2 fully saturated rings. The molecule has 90 valence electrons. The zero-order chi connectivity index (χ0) is 11.8. The van der Waals surface area contributed by atoms with Gasteiger partial charge in [0.05, 0.1) is 0 Å². The molecule has 0 amide bonds. The molecule has 1 aromatic rings. The summed E-state index contributed by atoms with van der Waals surface area (Å²) in [5.41, 5.74) is 5.58. The van der Waals surface area contributed by atoms with Crippen molar-refractivity contribution < 1.29 is 0 Å². The maximum atomic E-state index is 4.54. The first kappa shape index (κ1) is 10.8. The van der Waals surface area contributed by atoms with Crippen LogP contribution in [0.3, 0.4) is 0 Å². The van der Waals surface area contributed by atoms with Gasteiger partial charge in [-0.15, -0.1) is 0 Å². The molecule has 0 radical (unpaired) electrons. The highest BCUT2D eigenvalue weighted by atomic mass is 15.3. The van der Waals surface area contributed by atoms with Crippen molar-refractivity contribution >= 4 is 5.95 Å². The Labute approximate surface area is 103 Å². The van der Waals surface area contributed by atoms with Gasteiger partial charge in [-0.2, -0.15) is 0 Å². The van der Waals surface area contributed by atoms with Crippen molar-refractivity contribution in [2.45, 2.75) is 39.5 Å². The van der Waals surface area contributed by atoms with Gasteiger partial charge in [-0.1, -0.05) is 11.1 Å². The van der Waals surface area contributed by atoms with Crippen LogP contribution in [-0.2, 0) is 0 Å². The topological polar surface area (TPSA) is 29.0 Å². The summed E-state index contributed by atoms with van der Waals surface area (Å²) in [6.45, 7) is 6.25. The van der Waals surface area contributed by atoms with Crippen LogP contribution in [0.5, 0.6) is 0 Å². The number of rotatable bonds is 1. The van der Waals surface area contributed by atoms with Crippen LogP contribution in [0.1, 0.15) is 37.1 Å². The van der Waals surface area contributed by atoms with E-state index in [4.69, 9.17) is 0 Å². The minimum atomic E-state index is 0.919. The monoisotopic (exact) mass is 229 g/mol. The predicted octanol–water partition coefficient (Wildman–Crippen LogP) is 2.78. The molecule has 3 heteroatoms. The lowest BCUT2D eigenvalue weighted by Gasteiger charge is -2.28. The van der Waals surface area contributed by atoms with E-state index in [0.29, 0.717) is 0 Å². The van der Waals surface area contributed by atoms with Crippen LogP contribution >= 0.6 is 0 Å². The standard InChI is InChI=1S/C14H19N3/c1-10-9-11(2)16-14(15-10)17-7-5-13(6-8-17)12-3-4-12/h9H,3-8H2,1-2H3. The molecule has 17 heavy (non-hydrogen) atoms. The lowest BCUT2D eigenvalue weighted by molar-refractivity contribution is 0.662. The molecular formula is C14H19N3. The molecule has 0 bridgehead atoms. The number of hydrogen-bond acceptors (Lipinski definition) is 3. The van der Waals surface area contributed by atoms with E-state index in [0.717, 1.165) is 30.4 Å². The fourth-order valence-corrected chi connectivity index (χ4v) is 2.59. The number of piperidine rings is 1. The van der Waals surface area contributed by atoms with E-state index in [1.54, 1.807) is 11.1 Å². The maximum Gasteiger partial charge on any atom is 0.225 e. The van der Waals surface area contributed by atoms with E-state index in [-0.39, 0.29) is 0 Å². The van der Waals surface area contributed by atoms with E-state index in [1.165, 1.54) is 25.7 Å². The van der Waals surface area contributed by atoms with Gasteiger partial charge in [-0.3, -0.25) is 0 Å². The Morgan fingerprint density at radius 3 is 1.94 bits per heavy atom. The van der Waals surface area contributed by atoms with Crippen molar-refractivity contribution in [3.63, 3.8) is 0 Å². The minimum Gasteiger partial charge on any atom is -0.340 e. The Hall–Kier alpha value is -1.38. The van der Waals surface area contributed by atoms with Crippen LogP contribution < -0.4 is 4.90 Å². The van der Waals surface area contributed by atoms with Gasteiger partial charge in [0.15, 0.2) is 0 Å². The Kier molecular flexibility index (Phi) is 2.61. The van der Waals surface area contributed by atoms with Gasteiger partial charge >= 0.3 is 0 Å². The third-order valence-corrected chi connectivity index (χ3v) is 3.62. The van der Waals surface area contributed by atoms with E-state index in [9.17, 15) is 0 Å². The second-order valence-electron chi connectivity index (χ2n) is 5.14. The van der Waals surface area contributed by atoms with Crippen LogP contribution in [0, 0.1) is 13.8 Å². The molecule has 2 aliphatic rings. The van der Waals surface area contributed by atoms with Crippen molar-refractivity contribution in [1.29, 1.82) is 0 Å². The summed E-state index contributed by atoms with van der Waals surface area (Å²) in [5, 5.41) is 0. The van der Waals surface area contributed by atoms with Crippen LogP contribution in [0.2, 0.25) is 0 Å². The molecule has 3 rings (SSSR count). The van der Waals surface area contributed by atoms with E-state index >= 15 is 0 Å². The highest BCUT2D eigenvalue weighted by Gasteiger charge is 2.23. The molecule has 0 unspecified atom stereocenters. The van der Waals surface area contributed by atoms with Crippen molar-refractivity contribution in [2.75, 3.05) is 18.0 Å². The number of hydrogen-bond donors (Lipinski definition) is 0. The number of aryl methyl sites for hydroxylation is 2. The Morgan fingerprint density at radius 2 is 1.41 bits per heavy atom. The van der Waals surface area contributed by atoms with Crippen LogP contribution in [-0.4, -0.2) is 23.1 Å². The molecule has 0 spiro atoms. The highest BCUT2D eigenvalue weighted by molar-refractivity contribution is 5.36. The van der Waals surface area contributed by atoms with Gasteiger partial charge in [0.25, 0.3) is 0 Å². The zero-order valence-electron chi connectivity index (χ0n) is 10.7. The second-order valence-corrected chi connectivity index (χ2v) is 5.14. The third kappa shape index (κ3) is 2.33. The van der Waals surface area contributed by atoms with Gasteiger partial charge in [0, 0.05) is 24.5 Å².